The van der Waals surface area contributed by atoms with Gasteiger partial charge in [0.25, 0.3) is 0 Å². The van der Waals surface area contributed by atoms with Crippen molar-refractivity contribution in [1.29, 1.82) is 0 Å². The van der Waals surface area contributed by atoms with Gasteiger partial charge in [0.2, 0.25) is 0 Å². The molecule has 1 aliphatic rings. The zero-order valence-electron chi connectivity index (χ0n) is 12.7. The highest BCUT2D eigenvalue weighted by atomic mass is 16.4. The Kier molecular flexibility index (Phi) is 5.11. The van der Waals surface area contributed by atoms with Crippen molar-refractivity contribution in [2.24, 2.45) is 17.0 Å². The predicted octanol–water partition coefficient (Wildman–Crippen LogP) is 2.00. The number of rotatable bonds is 5. The van der Waals surface area contributed by atoms with Crippen LogP contribution in [0.25, 0.3) is 0 Å². The van der Waals surface area contributed by atoms with Gasteiger partial charge in [-0.3, -0.25) is 4.90 Å². The summed E-state index contributed by atoms with van der Waals surface area (Å²) in [7, 11) is 0. The van der Waals surface area contributed by atoms with Crippen LogP contribution in [0.15, 0.2) is 11.5 Å². The molecule has 0 spiro atoms. The average molecular weight is 279 g/mol. The Morgan fingerprint density at radius 2 is 2.30 bits per heavy atom. The molecule has 2 rings (SSSR count). The maximum atomic E-state index is 9.02. The maximum Gasteiger partial charge on any atom is 0.141 e. The van der Waals surface area contributed by atoms with Gasteiger partial charge in [-0.2, -0.15) is 5.10 Å². The van der Waals surface area contributed by atoms with Gasteiger partial charge in [-0.1, -0.05) is 25.9 Å². The smallest absolute Gasteiger partial charge is 0.141 e. The fourth-order valence-corrected chi connectivity index (χ4v) is 2.73. The third-order valence-corrected chi connectivity index (χ3v) is 3.85. The second-order valence-electron chi connectivity index (χ2n) is 5.93. The zero-order chi connectivity index (χ0) is 14.5. The highest BCUT2D eigenvalue weighted by Crippen LogP contribution is 2.19. The molecule has 6 nitrogen and oxygen atoms in total. The molecule has 1 saturated heterocycles. The third kappa shape index (κ3) is 3.56. The molecule has 1 fully saturated rings. The zero-order valence-corrected chi connectivity index (χ0v) is 12.7. The molecule has 0 saturated carbocycles. The van der Waals surface area contributed by atoms with Gasteiger partial charge in [0, 0.05) is 32.0 Å². The maximum absolute atomic E-state index is 9.02. The first-order valence-electron chi connectivity index (χ1n) is 7.43. The van der Waals surface area contributed by atoms with E-state index in [0.717, 1.165) is 50.6 Å². The molecule has 6 heteroatoms. The van der Waals surface area contributed by atoms with Crippen LogP contribution >= 0.6 is 0 Å². The minimum Gasteiger partial charge on any atom is -0.411 e. The molecule has 1 aliphatic heterocycles. The van der Waals surface area contributed by atoms with Crippen LogP contribution in [0.2, 0.25) is 0 Å². The molecular weight excluding hydrogens is 254 g/mol. The van der Waals surface area contributed by atoms with Crippen molar-refractivity contribution in [1.82, 2.24) is 19.7 Å². The van der Waals surface area contributed by atoms with Crippen molar-refractivity contribution in [3.05, 3.63) is 12.2 Å². The first-order valence-corrected chi connectivity index (χ1v) is 7.43. The molecule has 0 aliphatic carbocycles. The van der Waals surface area contributed by atoms with Gasteiger partial charge in [-0.05, 0) is 12.3 Å². The Morgan fingerprint density at radius 3 is 2.95 bits per heavy atom. The van der Waals surface area contributed by atoms with E-state index in [1.54, 1.807) is 6.33 Å². The molecule has 2 heterocycles. The largest absolute Gasteiger partial charge is 0.411 e. The minimum absolute atomic E-state index is 0.357. The van der Waals surface area contributed by atoms with Crippen molar-refractivity contribution >= 4 is 5.71 Å². The van der Waals surface area contributed by atoms with E-state index in [1.807, 2.05) is 4.68 Å². The first-order chi connectivity index (χ1) is 9.63. The van der Waals surface area contributed by atoms with E-state index in [0.29, 0.717) is 11.8 Å². The molecule has 20 heavy (non-hydrogen) atoms. The van der Waals surface area contributed by atoms with Gasteiger partial charge in [0.1, 0.15) is 12.2 Å². The SMILES string of the molecule is CCC1CN(Cc2ncnn2CC(C)C)CCC1=NO. The normalized spacial score (nSPS) is 22.8. The van der Waals surface area contributed by atoms with Crippen molar-refractivity contribution in [3.8, 4) is 0 Å². The van der Waals surface area contributed by atoms with Gasteiger partial charge in [-0.25, -0.2) is 9.67 Å². The summed E-state index contributed by atoms with van der Waals surface area (Å²) in [5, 5.41) is 16.8. The van der Waals surface area contributed by atoms with E-state index in [4.69, 9.17) is 5.21 Å². The lowest BCUT2D eigenvalue weighted by atomic mass is 9.93. The Labute approximate surface area is 120 Å². The second kappa shape index (κ2) is 6.83. The molecule has 1 aromatic rings. The summed E-state index contributed by atoms with van der Waals surface area (Å²) in [6.07, 6.45) is 3.49. The van der Waals surface area contributed by atoms with Crippen LogP contribution in [-0.2, 0) is 13.1 Å². The highest BCUT2D eigenvalue weighted by Gasteiger charge is 2.25. The highest BCUT2D eigenvalue weighted by molar-refractivity contribution is 5.87. The fourth-order valence-electron chi connectivity index (χ4n) is 2.73. The Morgan fingerprint density at radius 1 is 1.50 bits per heavy atom. The van der Waals surface area contributed by atoms with Gasteiger partial charge in [-0.15, -0.1) is 0 Å². The second-order valence-corrected chi connectivity index (χ2v) is 5.93. The first kappa shape index (κ1) is 15.0. The van der Waals surface area contributed by atoms with Gasteiger partial charge in [0.05, 0.1) is 12.3 Å². The quantitative estimate of drug-likeness (QED) is 0.661. The number of piperidine rings is 1. The van der Waals surface area contributed by atoms with Crippen molar-refractivity contribution in [3.63, 3.8) is 0 Å². The summed E-state index contributed by atoms with van der Waals surface area (Å²) in [6.45, 7) is 10.1. The third-order valence-electron chi connectivity index (χ3n) is 3.85. The Balaban J connectivity index is 1.99. The molecule has 1 N–H and O–H groups in total. The molecule has 0 aromatic carbocycles. The van der Waals surface area contributed by atoms with E-state index in [1.165, 1.54) is 0 Å². The van der Waals surface area contributed by atoms with Gasteiger partial charge >= 0.3 is 0 Å². The minimum atomic E-state index is 0.357. The van der Waals surface area contributed by atoms with Crippen LogP contribution < -0.4 is 0 Å². The summed E-state index contributed by atoms with van der Waals surface area (Å²) >= 11 is 0. The summed E-state index contributed by atoms with van der Waals surface area (Å²) in [6, 6.07) is 0. The van der Waals surface area contributed by atoms with Crippen LogP contribution in [-0.4, -0.2) is 43.7 Å². The van der Waals surface area contributed by atoms with E-state index in [-0.39, 0.29) is 0 Å². The number of hydrogen-bond donors (Lipinski definition) is 1. The summed E-state index contributed by atoms with van der Waals surface area (Å²) in [5.74, 6) is 1.95. The van der Waals surface area contributed by atoms with Crippen molar-refractivity contribution in [2.45, 2.75) is 46.7 Å². The summed E-state index contributed by atoms with van der Waals surface area (Å²) in [5.41, 5.74) is 0.937. The average Bonchev–Trinajstić information content (AvgIpc) is 2.85. The van der Waals surface area contributed by atoms with E-state index < -0.39 is 0 Å². The number of likely N-dealkylation sites (tertiary alicyclic amines) is 1. The molecule has 1 atom stereocenters. The predicted molar refractivity (Wildman–Crippen MR) is 77.8 cm³/mol. The lowest BCUT2D eigenvalue weighted by Gasteiger charge is -2.32. The van der Waals surface area contributed by atoms with Crippen LogP contribution in [0, 0.1) is 11.8 Å². The van der Waals surface area contributed by atoms with Crippen molar-refractivity contribution < 1.29 is 5.21 Å². The topological polar surface area (TPSA) is 66.5 Å². The molecule has 0 amide bonds. The fraction of sp³-hybridized carbons (Fsp3) is 0.786. The van der Waals surface area contributed by atoms with Crippen LogP contribution in [0.5, 0.6) is 0 Å². The lowest BCUT2D eigenvalue weighted by molar-refractivity contribution is 0.211. The van der Waals surface area contributed by atoms with Crippen LogP contribution in [0.1, 0.15) is 39.4 Å². The molecular formula is C14H25N5O. The standard InChI is InChI=1S/C14H25N5O/c1-4-12-8-18(6-5-13(12)17-20)9-14-15-10-16-19(14)7-11(2)3/h10-12,20H,4-9H2,1-3H3. The number of aromatic nitrogens is 3. The van der Waals surface area contributed by atoms with Gasteiger partial charge < -0.3 is 5.21 Å². The Hall–Kier alpha value is -1.43. The Bertz CT molecular complexity index is 454. The van der Waals surface area contributed by atoms with Crippen molar-refractivity contribution in [2.75, 3.05) is 13.1 Å². The van der Waals surface area contributed by atoms with E-state index in [9.17, 15) is 0 Å². The van der Waals surface area contributed by atoms with E-state index >= 15 is 0 Å². The molecule has 0 bridgehead atoms. The number of nitrogens with zero attached hydrogens (tertiary/aromatic N) is 5. The van der Waals surface area contributed by atoms with Crippen LogP contribution in [0.3, 0.4) is 0 Å². The number of oxime groups is 1. The molecule has 112 valence electrons. The summed E-state index contributed by atoms with van der Waals surface area (Å²) < 4.78 is 2.00. The lowest BCUT2D eigenvalue weighted by Crippen LogP contribution is -2.40. The molecule has 0 radical (unpaired) electrons. The van der Waals surface area contributed by atoms with E-state index in [2.05, 4.69) is 40.9 Å². The van der Waals surface area contributed by atoms with Crippen LogP contribution in [0.4, 0.5) is 0 Å². The molecule has 1 aromatic heterocycles. The molecule has 1 unspecified atom stereocenters. The van der Waals surface area contributed by atoms with Gasteiger partial charge in [0.15, 0.2) is 0 Å². The number of hydrogen-bond acceptors (Lipinski definition) is 5. The summed E-state index contributed by atoms with van der Waals surface area (Å²) in [4.78, 5) is 6.76. The monoisotopic (exact) mass is 279 g/mol.